The Morgan fingerprint density at radius 1 is 1.08 bits per heavy atom. The number of piperazine rings is 1. The van der Waals surface area contributed by atoms with Gasteiger partial charge in [-0.05, 0) is 53.8 Å². The van der Waals surface area contributed by atoms with E-state index >= 15 is 0 Å². The Labute approximate surface area is 223 Å². The lowest BCUT2D eigenvalue weighted by Crippen LogP contribution is -2.51. The van der Waals surface area contributed by atoms with Crippen molar-refractivity contribution < 1.29 is 22.2 Å². The number of amides is 1. The van der Waals surface area contributed by atoms with E-state index in [-0.39, 0.29) is 23.7 Å². The standard InChI is InChI=1S/C27H33ClF3N3O2S/c1-17(2)13-24(32)21-14-19(27(29,30)31)5-8-25(21)33-9-11-34(12-10-33)26(35)23-16-37(36)15-22(23)18-3-6-20(28)7-4-18/h3-8,14,17,22-24H,9-13,15-16,32H2,1-2H3/t22-,23+,24-,37?/m0/s1. The van der Waals surface area contributed by atoms with Crippen molar-refractivity contribution in [3.05, 3.63) is 64.2 Å². The van der Waals surface area contributed by atoms with E-state index in [1.54, 1.807) is 17.0 Å². The summed E-state index contributed by atoms with van der Waals surface area (Å²) in [6, 6.07) is 10.6. The zero-order valence-electron chi connectivity index (χ0n) is 21.0. The Morgan fingerprint density at radius 2 is 1.73 bits per heavy atom. The molecule has 2 N–H and O–H groups in total. The van der Waals surface area contributed by atoms with E-state index in [0.29, 0.717) is 60.4 Å². The normalized spacial score (nSPS) is 23.5. The van der Waals surface area contributed by atoms with Crippen LogP contribution in [0.5, 0.6) is 0 Å². The molecule has 202 valence electrons. The maximum atomic E-state index is 13.5. The predicted molar refractivity (Wildman–Crippen MR) is 142 cm³/mol. The number of rotatable bonds is 6. The van der Waals surface area contributed by atoms with Gasteiger partial charge < -0.3 is 15.5 Å². The lowest BCUT2D eigenvalue weighted by atomic mass is 9.88. The maximum absolute atomic E-state index is 13.5. The van der Waals surface area contributed by atoms with Gasteiger partial charge in [-0.3, -0.25) is 9.00 Å². The average molecular weight is 556 g/mol. The highest BCUT2D eigenvalue weighted by molar-refractivity contribution is 7.85. The third kappa shape index (κ3) is 6.49. The first-order valence-corrected chi connectivity index (χ1v) is 14.4. The van der Waals surface area contributed by atoms with Gasteiger partial charge >= 0.3 is 6.18 Å². The second-order valence-electron chi connectivity index (χ2n) is 10.4. The van der Waals surface area contributed by atoms with Crippen LogP contribution in [0.3, 0.4) is 0 Å². The van der Waals surface area contributed by atoms with E-state index in [4.69, 9.17) is 17.3 Å². The first-order valence-electron chi connectivity index (χ1n) is 12.5. The molecule has 2 heterocycles. The molecule has 2 fully saturated rings. The van der Waals surface area contributed by atoms with Gasteiger partial charge in [0.2, 0.25) is 5.91 Å². The summed E-state index contributed by atoms with van der Waals surface area (Å²) < 4.78 is 52.7. The second kappa shape index (κ2) is 11.3. The molecular formula is C27H33ClF3N3O2S. The molecule has 2 aromatic rings. The molecule has 0 aliphatic carbocycles. The van der Waals surface area contributed by atoms with Crippen LogP contribution < -0.4 is 10.6 Å². The molecule has 37 heavy (non-hydrogen) atoms. The van der Waals surface area contributed by atoms with Gasteiger partial charge in [-0.25, -0.2) is 0 Å². The van der Waals surface area contributed by atoms with Crippen molar-refractivity contribution in [2.24, 2.45) is 17.6 Å². The monoisotopic (exact) mass is 555 g/mol. The van der Waals surface area contributed by atoms with Gasteiger partial charge in [0.05, 0.1) is 11.5 Å². The molecule has 0 aromatic heterocycles. The van der Waals surface area contributed by atoms with Crippen LogP contribution in [0.4, 0.5) is 18.9 Å². The van der Waals surface area contributed by atoms with Crippen LogP contribution in [0.1, 0.15) is 48.9 Å². The summed E-state index contributed by atoms with van der Waals surface area (Å²) in [5.74, 6) is 0.501. The zero-order valence-corrected chi connectivity index (χ0v) is 22.6. The number of carbonyl (C=O) groups is 1. The largest absolute Gasteiger partial charge is 0.416 e. The molecule has 2 aliphatic heterocycles. The van der Waals surface area contributed by atoms with Gasteiger partial charge in [-0.1, -0.05) is 37.6 Å². The number of benzene rings is 2. The summed E-state index contributed by atoms with van der Waals surface area (Å²) in [6.45, 7) is 5.83. The van der Waals surface area contributed by atoms with Crippen LogP contribution >= 0.6 is 11.6 Å². The fraction of sp³-hybridized carbons (Fsp3) is 0.519. The summed E-state index contributed by atoms with van der Waals surface area (Å²) in [7, 11) is -1.07. The Kier molecular flexibility index (Phi) is 8.55. The van der Waals surface area contributed by atoms with E-state index in [1.807, 2.05) is 30.9 Å². The van der Waals surface area contributed by atoms with Crippen molar-refractivity contribution in [1.29, 1.82) is 0 Å². The number of alkyl halides is 3. The number of anilines is 1. The Balaban J connectivity index is 1.49. The van der Waals surface area contributed by atoms with Crippen molar-refractivity contribution in [3.63, 3.8) is 0 Å². The van der Waals surface area contributed by atoms with Crippen molar-refractivity contribution in [2.45, 2.75) is 38.4 Å². The van der Waals surface area contributed by atoms with Crippen LogP contribution in [0, 0.1) is 11.8 Å². The summed E-state index contributed by atoms with van der Waals surface area (Å²) >= 11 is 6.01. The summed E-state index contributed by atoms with van der Waals surface area (Å²) in [5.41, 5.74) is 7.80. The molecule has 2 aliphatic rings. The van der Waals surface area contributed by atoms with Gasteiger partial charge in [-0.2, -0.15) is 13.2 Å². The molecule has 1 unspecified atom stereocenters. The fourth-order valence-corrected chi connectivity index (χ4v) is 7.20. The molecule has 0 radical (unpaired) electrons. The molecule has 2 aromatic carbocycles. The molecule has 0 spiro atoms. The van der Waals surface area contributed by atoms with Gasteiger partial charge in [0, 0.05) is 71.2 Å². The lowest BCUT2D eigenvalue weighted by Gasteiger charge is -2.39. The van der Waals surface area contributed by atoms with E-state index in [2.05, 4.69) is 0 Å². The summed E-state index contributed by atoms with van der Waals surface area (Å²) in [5, 5.41) is 0.609. The Bertz CT molecular complexity index is 1130. The number of hydrogen-bond acceptors (Lipinski definition) is 4. The average Bonchev–Trinajstić information content (AvgIpc) is 3.24. The molecule has 4 atom stereocenters. The Morgan fingerprint density at radius 3 is 2.32 bits per heavy atom. The highest BCUT2D eigenvalue weighted by atomic mass is 35.5. The molecule has 0 saturated carbocycles. The van der Waals surface area contributed by atoms with Gasteiger partial charge in [-0.15, -0.1) is 0 Å². The van der Waals surface area contributed by atoms with Crippen molar-refractivity contribution in [3.8, 4) is 0 Å². The van der Waals surface area contributed by atoms with Crippen molar-refractivity contribution >= 4 is 34.0 Å². The first-order chi connectivity index (χ1) is 17.4. The zero-order chi connectivity index (χ0) is 26.9. The van der Waals surface area contributed by atoms with Gasteiger partial charge in [0.15, 0.2) is 0 Å². The minimum atomic E-state index is -4.45. The number of hydrogen-bond donors (Lipinski definition) is 1. The molecular weight excluding hydrogens is 523 g/mol. The molecule has 1 amide bonds. The predicted octanol–water partition coefficient (Wildman–Crippen LogP) is 5.22. The molecule has 2 saturated heterocycles. The highest BCUT2D eigenvalue weighted by Crippen LogP contribution is 2.38. The number of nitrogens with zero attached hydrogens (tertiary/aromatic N) is 2. The SMILES string of the molecule is CC(C)C[C@H](N)c1cc(C(F)(F)F)ccc1N1CCN(C(=O)[C@@H]2CS(=O)C[C@H]2c2ccc(Cl)cc2)CC1. The maximum Gasteiger partial charge on any atom is 0.416 e. The van der Waals surface area contributed by atoms with E-state index in [0.717, 1.165) is 11.6 Å². The van der Waals surface area contributed by atoms with Gasteiger partial charge in [0.1, 0.15) is 0 Å². The van der Waals surface area contributed by atoms with Crippen molar-refractivity contribution in [1.82, 2.24) is 4.90 Å². The third-order valence-corrected chi connectivity index (χ3v) is 8.96. The lowest BCUT2D eigenvalue weighted by molar-refractivity contribution is -0.138. The van der Waals surface area contributed by atoms with E-state index < -0.39 is 28.6 Å². The topological polar surface area (TPSA) is 66.6 Å². The molecule has 0 bridgehead atoms. The van der Waals surface area contributed by atoms with Crippen LogP contribution in [0.15, 0.2) is 42.5 Å². The van der Waals surface area contributed by atoms with E-state index in [9.17, 15) is 22.2 Å². The van der Waals surface area contributed by atoms with Gasteiger partial charge in [0.25, 0.3) is 0 Å². The fourth-order valence-electron chi connectivity index (χ4n) is 5.34. The minimum absolute atomic E-state index is 0.0189. The third-order valence-electron chi connectivity index (χ3n) is 7.24. The quantitative estimate of drug-likeness (QED) is 0.531. The number of halogens is 4. The first kappa shape index (κ1) is 27.9. The summed E-state index contributed by atoms with van der Waals surface area (Å²) in [6.07, 6.45) is -3.88. The van der Waals surface area contributed by atoms with E-state index in [1.165, 1.54) is 12.1 Å². The van der Waals surface area contributed by atoms with Crippen LogP contribution in [-0.2, 0) is 21.8 Å². The molecule has 4 rings (SSSR count). The number of carbonyl (C=O) groups excluding carboxylic acids is 1. The Hall–Kier alpha value is -2.10. The van der Waals surface area contributed by atoms with Crippen LogP contribution in [-0.4, -0.2) is 52.7 Å². The highest BCUT2D eigenvalue weighted by Gasteiger charge is 2.41. The summed E-state index contributed by atoms with van der Waals surface area (Å²) in [4.78, 5) is 17.3. The van der Waals surface area contributed by atoms with Crippen LogP contribution in [0.25, 0.3) is 0 Å². The minimum Gasteiger partial charge on any atom is -0.368 e. The second-order valence-corrected chi connectivity index (χ2v) is 12.3. The number of nitrogens with two attached hydrogens (primary N) is 1. The smallest absolute Gasteiger partial charge is 0.368 e. The van der Waals surface area contributed by atoms with Crippen LogP contribution in [0.2, 0.25) is 5.02 Å². The molecule has 5 nitrogen and oxygen atoms in total. The van der Waals surface area contributed by atoms with Crippen molar-refractivity contribution in [2.75, 3.05) is 42.6 Å². The molecule has 10 heteroatoms.